The van der Waals surface area contributed by atoms with Gasteiger partial charge in [-0.1, -0.05) is 24.3 Å². The molecule has 3 nitrogen and oxygen atoms in total. The predicted molar refractivity (Wildman–Crippen MR) is 54.8 cm³/mol. The second-order valence-corrected chi connectivity index (χ2v) is 3.82. The molecule has 78 valence electrons. The van der Waals surface area contributed by atoms with Crippen LogP contribution in [0.1, 0.15) is 29.9 Å². The lowest BCUT2D eigenvalue weighted by atomic mass is 9.74. The van der Waals surface area contributed by atoms with E-state index in [9.17, 15) is 9.59 Å². The second kappa shape index (κ2) is 3.85. The molecule has 1 aliphatic carbocycles. The first-order valence-corrected chi connectivity index (χ1v) is 5.01. The van der Waals surface area contributed by atoms with E-state index >= 15 is 0 Å². The summed E-state index contributed by atoms with van der Waals surface area (Å²) < 4.78 is 0. The van der Waals surface area contributed by atoms with Gasteiger partial charge >= 0.3 is 5.97 Å². The number of rotatable bonds is 4. The fourth-order valence-corrected chi connectivity index (χ4v) is 1.95. The minimum Gasteiger partial charge on any atom is -0.481 e. The van der Waals surface area contributed by atoms with Crippen LogP contribution in [0.5, 0.6) is 0 Å². The Hall–Kier alpha value is -1.64. The van der Waals surface area contributed by atoms with E-state index in [-0.39, 0.29) is 24.5 Å². The SMILES string of the molecule is O=C(O)CCC(=O)C1Cc2ccccc21. The van der Waals surface area contributed by atoms with Gasteiger partial charge in [0.2, 0.25) is 0 Å². The summed E-state index contributed by atoms with van der Waals surface area (Å²) >= 11 is 0. The van der Waals surface area contributed by atoms with Gasteiger partial charge in [-0.15, -0.1) is 0 Å². The van der Waals surface area contributed by atoms with Crippen molar-refractivity contribution in [1.82, 2.24) is 0 Å². The summed E-state index contributed by atoms with van der Waals surface area (Å²) in [6, 6.07) is 7.82. The molecule has 0 saturated carbocycles. The number of carbonyl (C=O) groups excluding carboxylic acids is 1. The topological polar surface area (TPSA) is 54.4 Å². The van der Waals surface area contributed by atoms with Crippen LogP contribution in [0.15, 0.2) is 24.3 Å². The zero-order chi connectivity index (χ0) is 10.8. The Morgan fingerprint density at radius 2 is 2.00 bits per heavy atom. The fourth-order valence-electron chi connectivity index (χ4n) is 1.95. The molecule has 1 aliphatic rings. The van der Waals surface area contributed by atoms with Crippen molar-refractivity contribution in [2.45, 2.75) is 25.2 Å². The van der Waals surface area contributed by atoms with Gasteiger partial charge in [0.05, 0.1) is 6.42 Å². The van der Waals surface area contributed by atoms with Crippen molar-refractivity contribution in [2.75, 3.05) is 0 Å². The van der Waals surface area contributed by atoms with Gasteiger partial charge in [0.1, 0.15) is 5.78 Å². The van der Waals surface area contributed by atoms with Crippen molar-refractivity contribution in [3.63, 3.8) is 0 Å². The van der Waals surface area contributed by atoms with Crippen LogP contribution in [0.25, 0.3) is 0 Å². The van der Waals surface area contributed by atoms with Crippen LogP contribution >= 0.6 is 0 Å². The van der Waals surface area contributed by atoms with Gasteiger partial charge in [-0.25, -0.2) is 0 Å². The number of hydrogen-bond donors (Lipinski definition) is 1. The first-order chi connectivity index (χ1) is 7.18. The molecule has 0 spiro atoms. The number of carboxylic acids is 1. The standard InChI is InChI=1S/C12H12O3/c13-11(5-6-12(14)15)10-7-8-3-1-2-4-9(8)10/h1-4,10H,5-7H2,(H,14,15). The van der Waals surface area contributed by atoms with Crippen molar-refractivity contribution in [1.29, 1.82) is 0 Å². The lowest BCUT2D eigenvalue weighted by molar-refractivity contribution is -0.138. The van der Waals surface area contributed by atoms with Crippen LogP contribution in [0.2, 0.25) is 0 Å². The molecule has 0 amide bonds. The molecular formula is C12H12O3. The highest BCUT2D eigenvalue weighted by molar-refractivity contribution is 5.90. The van der Waals surface area contributed by atoms with Crippen LogP contribution in [0.3, 0.4) is 0 Å². The lowest BCUT2D eigenvalue weighted by Gasteiger charge is -2.28. The second-order valence-electron chi connectivity index (χ2n) is 3.82. The molecule has 0 heterocycles. The van der Waals surface area contributed by atoms with E-state index < -0.39 is 5.97 Å². The molecule has 0 saturated heterocycles. The Morgan fingerprint density at radius 3 is 2.67 bits per heavy atom. The highest BCUT2D eigenvalue weighted by Crippen LogP contribution is 2.36. The molecule has 1 aromatic rings. The van der Waals surface area contributed by atoms with Crippen molar-refractivity contribution in [2.24, 2.45) is 0 Å². The Balaban J connectivity index is 1.98. The summed E-state index contributed by atoms with van der Waals surface area (Å²) in [7, 11) is 0. The van der Waals surface area contributed by atoms with Gasteiger partial charge in [0.25, 0.3) is 0 Å². The van der Waals surface area contributed by atoms with Crippen molar-refractivity contribution < 1.29 is 14.7 Å². The summed E-state index contributed by atoms with van der Waals surface area (Å²) in [6.45, 7) is 0. The van der Waals surface area contributed by atoms with E-state index in [1.165, 1.54) is 5.56 Å². The molecule has 0 aromatic heterocycles. The maximum Gasteiger partial charge on any atom is 0.303 e. The third-order valence-corrected chi connectivity index (χ3v) is 2.83. The molecule has 0 radical (unpaired) electrons. The average molecular weight is 204 g/mol. The fraction of sp³-hybridized carbons (Fsp3) is 0.333. The number of benzene rings is 1. The highest BCUT2D eigenvalue weighted by atomic mass is 16.4. The summed E-state index contributed by atoms with van der Waals surface area (Å²) in [4.78, 5) is 22.0. The number of carboxylic acid groups (broad SMARTS) is 1. The third kappa shape index (κ3) is 1.91. The molecule has 2 rings (SSSR count). The number of carbonyl (C=O) groups is 2. The molecule has 0 fully saturated rings. The largest absolute Gasteiger partial charge is 0.481 e. The van der Waals surface area contributed by atoms with Gasteiger partial charge in [0.15, 0.2) is 0 Å². The lowest BCUT2D eigenvalue weighted by Crippen LogP contribution is -2.25. The number of aliphatic carboxylic acids is 1. The normalized spacial score (nSPS) is 17.7. The van der Waals surface area contributed by atoms with Crippen LogP contribution in [-0.4, -0.2) is 16.9 Å². The van der Waals surface area contributed by atoms with Gasteiger partial charge in [0, 0.05) is 12.3 Å². The summed E-state index contributed by atoms with van der Waals surface area (Å²) in [5.41, 5.74) is 2.29. The van der Waals surface area contributed by atoms with Crippen molar-refractivity contribution >= 4 is 11.8 Å². The molecule has 1 unspecified atom stereocenters. The molecular weight excluding hydrogens is 192 g/mol. The minimum absolute atomic E-state index is 0.0519. The average Bonchev–Trinajstić information content (AvgIpc) is 2.17. The molecule has 1 aromatic carbocycles. The highest BCUT2D eigenvalue weighted by Gasteiger charge is 2.31. The van der Waals surface area contributed by atoms with Gasteiger partial charge < -0.3 is 5.11 Å². The van der Waals surface area contributed by atoms with Crippen LogP contribution < -0.4 is 0 Å². The molecule has 1 N–H and O–H groups in total. The minimum atomic E-state index is -0.907. The van der Waals surface area contributed by atoms with Crippen molar-refractivity contribution in [3.8, 4) is 0 Å². The number of hydrogen-bond acceptors (Lipinski definition) is 2. The Kier molecular flexibility index (Phi) is 2.54. The maximum atomic E-state index is 11.6. The maximum absolute atomic E-state index is 11.6. The van der Waals surface area contributed by atoms with E-state index in [1.807, 2.05) is 24.3 Å². The van der Waals surface area contributed by atoms with Gasteiger partial charge in [-0.2, -0.15) is 0 Å². The molecule has 0 aliphatic heterocycles. The molecule has 15 heavy (non-hydrogen) atoms. The number of ketones is 1. The Labute approximate surface area is 87.7 Å². The molecule has 3 heteroatoms. The first kappa shape index (κ1) is 9.90. The third-order valence-electron chi connectivity index (χ3n) is 2.83. The predicted octanol–water partition coefficient (Wildman–Crippen LogP) is 1.76. The van der Waals surface area contributed by atoms with E-state index in [0.717, 1.165) is 12.0 Å². The monoisotopic (exact) mass is 204 g/mol. The number of fused-ring (bicyclic) bond motifs is 1. The van der Waals surface area contributed by atoms with E-state index in [4.69, 9.17) is 5.11 Å². The Bertz CT molecular complexity index is 409. The van der Waals surface area contributed by atoms with E-state index in [1.54, 1.807) is 0 Å². The first-order valence-electron chi connectivity index (χ1n) is 5.01. The quantitative estimate of drug-likeness (QED) is 0.813. The van der Waals surface area contributed by atoms with Gasteiger partial charge in [-0.3, -0.25) is 9.59 Å². The van der Waals surface area contributed by atoms with E-state index in [0.29, 0.717) is 0 Å². The van der Waals surface area contributed by atoms with Crippen LogP contribution in [0.4, 0.5) is 0 Å². The summed E-state index contributed by atoms with van der Waals surface area (Å²) in [6.07, 6.45) is 0.862. The summed E-state index contributed by atoms with van der Waals surface area (Å²) in [5, 5.41) is 8.48. The van der Waals surface area contributed by atoms with Gasteiger partial charge in [-0.05, 0) is 17.5 Å². The van der Waals surface area contributed by atoms with Crippen LogP contribution in [-0.2, 0) is 16.0 Å². The smallest absolute Gasteiger partial charge is 0.303 e. The zero-order valence-corrected chi connectivity index (χ0v) is 8.27. The van der Waals surface area contributed by atoms with Crippen molar-refractivity contribution in [3.05, 3.63) is 35.4 Å². The molecule has 0 bridgehead atoms. The Morgan fingerprint density at radius 1 is 1.27 bits per heavy atom. The van der Waals surface area contributed by atoms with Crippen LogP contribution in [0, 0.1) is 0 Å². The summed E-state index contributed by atoms with van der Waals surface area (Å²) in [5.74, 6) is -0.910. The zero-order valence-electron chi connectivity index (χ0n) is 8.27. The van der Waals surface area contributed by atoms with E-state index in [2.05, 4.69) is 0 Å². The molecule has 1 atom stereocenters. The number of Topliss-reactive ketones (excluding diaryl/α,β-unsaturated/α-hetero) is 1.